The second-order valence-electron chi connectivity index (χ2n) is 4.15. The van der Waals surface area contributed by atoms with Crippen molar-refractivity contribution in [2.75, 3.05) is 19.6 Å². The molecule has 0 bridgehead atoms. The number of guanidine groups is 1. The first kappa shape index (κ1) is 18.6. The molecule has 0 amide bonds. The lowest BCUT2D eigenvalue weighted by Crippen LogP contribution is -2.38. The van der Waals surface area contributed by atoms with Crippen LogP contribution < -0.4 is 10.6 Å². The smallest absolute Gasteiger partial charge is 0.191 e. The van der Waals surface area contributed by atoms with E-state index in [-0.39, 0.29) is 24.0 Å². The minimum atomic E-state index is 0. The van der Waals surface area contributed by atoms with Gasteiger partial charge >= 0.3 is 0 Å². The van der Waals surface area contributed by atoms with Crippen molar-refractivity contribution in [3.8, 4) is 0 Å². The van der Waals surface area contributed by atoms with Crippen LogP contribution in [-0.4, -0.2) is 30.6 Å². The summed E-state index contributed by atoms with van der Waals surface area (Å²) < 4.78 is 0. The van der Waals surface area contributed by atoms with Crippen LogP contribution >= 0.6 is 35.3 Å². The highest BCUT2D eigenvalue weighted by Gasteiger charge is 2.00. The van der Waals surface area contributed by atoms with Crippen LogP contribution in [0.2, 0.25) is 0 Å². The largest absolute Gasteiger partial charge is 0.357 e. The van der Waals surface area contributed by atoms with Crippen LogP contribution in [0.1, 0.15) is 37.4 Å². The van der Waals surface area contributed by atoms with E-state index >= 15 is 0 Å². The molecule has 0 fully saturated rings. The number of hydrogen-bond acceptors (Lipinski definition) is 3. The third kappa shape index (κ3) is 8.41. The molecule has 0 spiro atoms. The van der Waals surface area contributed by atoms with Crippen molar-refractivity contribution in [2.24, 2.45) is 4.99 Å². The van der Waals surface area contributed by atoms with Crippen LogP contribution in [0.5, 0.6) is 0 Å². The van der Waals surface area contributed by atoms with Gasteiger partial charge in [-0.2, -0.15) is 0 Å². The van der Waals surface area contributed by atoms with E-state index in [1.807, 2.05) is 6.92 Å². The molecule has 6 heteroatoms. The molecule has 1 aromatic rings. The zero-order valence-electron chi connectivity index (χ0n) is 12.0. The number of unbranched alkanes of at least 4 members (excludes halogenated alkanes) is 1. The Morgan fingerprint density at radius 3 is 2.74 bits per heavy atom. The minimum Gasteiger partial charge on any atom is -0.357 e. The van der Waals surface area contributed by atoms with Gasteiger partial charge in [0.1, 0.15) is 0 Å². The van der Waals surface area contributed by atoms with Crippen molar-refractivity contribution < 1.29 is 0 Å². The van der Waals surface area contributed by atoms with Crippen molar-refractivity contribution in [3.05, 3.63) is 16.1 Å². The topological polar surface area (TPSA) is 49.3 Å². The number of hydrogen-bond donors (Lipinski definition) is 2. The Morgan fingerprint density at radius 1 is 1.37 bits per heavy atom. The Kier molecular flexibility index (Phi) is 11.2. The number of nitrogens with zero attached hydrogens (tertiary/aromatic N) is 2. The predicted molar refractivity (Wildman–Crippen MR) is 94.9 cm³/mol. The highest BCUT2D eigenvalue weighted by Crippen LogP contribution is 2.07. The quantitative estimate of drug-likeness (QED) is 0.323. The first-order chi connectivity index (χ1) is 8.76. The third-order valence-corrected chi connectivity index (χ3v) is 3.29. The molecule has 4 nitrogen and oxygen atoms in total. The monoisotopic (exact) mass is 396 g/mol. The summed E-state index contributed by atoms with van der Waals surface area (Å²) in [4.78, 5) is 8.96. The molecule has 0 atom stereocenters. The fraction of sp³-hybridized carbons (Fsp3) is 0.692. The molecule has 2 N–H and O–H groups in total. The third-order valence-electron chi connectivity index (χ3n) is 2.47. The molecule has 1 heterocycles. The average Bonchev–Trinajstić information content (AvgIpc) is 2.75. The minimum absolute atomic E-state index is 0. The fourth-order valence-electron chi connectivity index (χ4n) is 1.52. The number of nitrogens with one attached hydrogen (secondary N) is 2. The second-order valence-corrected chi connectivity index (χ2v) is 5.21. The standard InChI is InChI=1S/C13H24N4S.HI/c1-4-6-8-15-13(14-5-2)16-9-7-12-10-18-11(3)17-12;/h10H,4-9H2,1-3H3,(H2,14,15,16);1H. The van der Waals surface area contributed by atoms with Crippen LogP contribution in [0.15, 0.2) is 10.4 Å². The van der Waals surface area contributed by atoms with Gasteiger partial charge in [0, 0.05) is 31.4 Å². The first-order valence-corrected chi connectivity index (χ1v) is 7.57. The number of aliphatic imine (C=N–C) groups is 1. The summed E-state index contributed by atoms with van der Waals surface area (Å²) in [5.74, 6) is 0.915. The Balaban J connectivity index is 0.00000324. The van der Waals surface area contributed by atoms with Crippen LogP contribution in [0, 0.1) is 6.92 Å². The average molecular weight is 396 g/mol. The molecular formula is C13H25IN4S. The summed E-state index contributed by atoms with van der Waals surface area (Å²) >= 11 is 1.71. The van der Waals surface area contributed by atoms with Crippen molar-refractivity contribution >= 4 is 41.3 Å². The summed E-state index contributed by atoms with van der Waals surface area (Å²) in [6, 6.07) is 0. The van der Waals surface area contributed by atoms with Gasteiger partial charge in [-0.15, -0.1) is 35.3 Å². The lowest BCUT2D eigenvalue weighted by Gasteiger charge is -2.10. The van der Waals surface area contributed by atoms with Gasteiger partial charge in [0.25, 0.3) is 0 Å². The summed E-state index contributed by atoms with van der Waals surface area (Å²) in [5.41, 5.74) is 1.16. The zero-order valence-corrected chi connectivity index (χ0v) is 15.2. The zero-order chi connectivity index (χ0) is 13.2. The van der Waals surface area contributed by atoms with Crippen molar-refractivity contribution in [1.29, 1.82) is 0 Å². The van der Waals surface area contributed by atoms with Crippen LogP contribution in [0.4, 0.5) is 0 Å². The normalized spacial score (nSPS) is 11.0. The second kappa shape index (κ2) is 11.5. The van der Waals surface area contributed by atoms with Crippen LogP contribution in [0.25, 0.3) is 0 Å². The molecule has 0 aliphatic carbocycles. The lowest BCUT2D eigenvalue weighted by atomic mass is 10.3. The molecule has 110 valence electrons. The first-order valence-electron chi connectivity index (χ1n) is 6.69. The molecule has 19 heavy (non-hydrogen) atoms. The molecule has 1 aromatic heterocycles. The molecule has 0 radical (unpaired) electrons. The van der Waals surface area contributed by atoms with E-state index in [0.29, 0.717) is 0 Å². The highest BCUT2D eigenvalue weighted by molar-refractivity contribution is 14.0. The molecule has 0 aliphatic rings. The van der Waals surface area contributed by atoms with E-state index in [9.17, 15) is 0 Å². The maximum Gasteiger partial charge on any atom is 0.191 e. The van der Waals surface area contributed by atoms with Gasteiger partial charge in [0.2, 0.25) is 0 Å². The SMILES string of the molecule is CCCCN=C(NCC)NCCc1csc(C)n1.I. The fourth-order valence-corrected chi connectivity index (χ4v) is 2.17. The van der Waals surface area contributed by atoms with E-state index in [1.54, 1.807) is 11.3 Å². The van der Waals surface area contributed by atoms with E-state index < -0.39 is 0 Å². The number of halogens is 1. The molecule has 0 saturated carbocycles. The van der Waals surface area contributed by atoms with Crippen molar-refractivity contribution in [2.45, 2.75) is 40.0 Å². The maximum atomic E-state index is 4.52. The molecule has 0 aromatic carbocycles. The maximum absolute atomic E-state index is 4.52. The van der Waals surface area contributed by atoms with Gasteiger partial charge in [-0.1, -0.05) is 13.3 Å². The summed E-state index contributed by atoms with van der Waals surface area (Å²) in [5, 5.41) is 9.85. The predicted octanol–water partition coefficient (Wildman–Crippen LogP) is 2.97. The van der Waals surface area contributed by atoms with Gasteiger partial charge in [0.15, 0.2) is 5.96 Å². The van der Waals surface area contributed by atoms with Gasteiger partial charge in [0.05, 0.1) is 10.7 Å². The van der Waals surface area contributed by atoms with Crippen LogP contribution in [0.3, 0.4) is 0 Å². The number of aromatic nitrogens is 1. The Hall–Kier alpha value is -0.370. The Bertz CT molecular complexity index is 365. The molecule has 1 rings (SSSR count). The van der Waals surface area contributed by atoms with E-state index in [4.69, 9.17) is 0 Å². The summed E-state index contributed by atoms with van der Waals surface area (Å²) in [6.07, 6.45) is 3.27. The number of rotatable bonds is 7. The summed E-state index contributed by atoms with van der Waals surface area (Å²) in [7, 11) is 0. The number of aryl methyl sites for hydroxylation is 1. The molecular weight excluding hydrogens is 371 g/mol. The lowest BCUT2D eigenvalue weighted by molar-refractivity contribution is 0.763. The Labute approximate surface area is 137 Å². The number of thiazole rings is 1. The van der Waals surface area contributed by atoms with E-state index in [2.05, 4.69) is 39.8 Å². The molecule has 0 saturated heterocycles. The summed E-state index contributed by atoms with van der Waals surface area (Å²) in [6.45, 7) is 8.97. The molecule has 0 unspecified atom stereocenters. The molecule has 0 aliphatic heterocycles. The van der Waals surface area contributed by atoms with Gasteiger partial charge < -0.3 is 10.6 Å². The van der Waals surface area contributed by atoms with Crippen molar-refractivity contribution in [1.82, 2.24) is 15.6 Å². The van der Waals surface area contributed by atoms with Gasteiger partial charge in [-0.25, -0.2) is 4.98 Å². The van der Waals surface area contributed by atoms with E-state index in [0.717, 1.165) is 49.1 Å². The highest BCUT2D eigenvalue weighted by atomic mass is 127. The van der Waals surface area contributed by atoms with Crippen LogP contribution in [-0.2, 0) is 6.42 Å². The Morgan fingerprint density at radius 2 is 2.16 bits per heavy atom. The van der Waals surface area contributed by atoms with E-state index in [1.165, 1.54) is 6.42 Å². The van der Waals surface area contributed by atoms with Crippen molar-refractivity contribution in [3.63, 3.8) is 0 Å². The van der Waals surface area contributed by atoms with Gasteiger partial charge in [-0.05, 0) is 20.3 Å². The van der Waals surface area contributed by atoms with Gasteiger partial charge in [-0.3, -0.25) is 4.99 Å².